The van der Waals surface area contributed by atoms with Crippen LogP contribution in [0.15, 0.2) is 30.3 Å². The Labute approximate surface area is 126 Å². The summed E-state index contributed by atoms with van der Waals surface area (Å²) in [5, 5.41) is 2.90. The van der Waals surface area contributed by atoms with E-state index >= 15 is 0 Å². The lowest BCUT2D eigenvalue weighted by Crippen LogP contribution is -2.28. The fourth-order valence-corrected chi connectivity index (χ4v) is 1.95. The summed E-state index contributed by atoms with van der Waals surface area (Å²) in [4.78, 5) is 24.9. The van der Waals surface area contributed by atoms with Crippen LogP contribution in [0.25, 0.3) is 0 Å². The van der Waals surface area contributed by atoms with Gasteiger partial charge in [0.05, 0.1) is 7.11 Å². The number of carbonyl (C=O) groups excluding carboxylic acids is 2. The van der Waals surface area contributed by atoms with Gasteiger partial charge in [0.1, 0.15) is 0 Å². The smallest absolute Gasteiger partial charge is 0.305 e. The van der Waals surface area contributed by atoms with Crippen LogP contribution in [0.2, 0.25) is 0 Å². The highest BCUT2D eigenvalue weighted by Gasteiger charge is 2.05. The number of amides is 1. The molecular weight excluding hydrogens is 268 g/mol. The fourth-order valence-electron chi connectivity index (χ4n) is 1.95. The summed E-state index contributed by atoms with van der Waals surface area (Å²) in [5.41, 5.74) is 0.684. The molecule has 0 spiro atoms. The maximum absolute atomic E-state index is 11.8. The molecule has 1 amide bonds. The molecule has 0 saturated carbocycles. The maximum Gasteiger partial charge on any atom is 0.305 e. The zero-order valence-corrected chi connectivity index (χ0v) is 12.8. The third kappa shape index (κ3) is 7.46. The van der Waals surface area contributed by atoms with E-state index in [-0.39, 0.29) is 11.9 Å². The molecule has 0 heterocycles. The molecule has 0 atom stereocenters. The maximum atomic E-state index is 11.8. The lowest BCUT2D eigenvalue weighted by Gasteiger charge is -2.16. The first-order valence-corrected chi connectivity index (χ1v) is 7.22. The van der Waals surface area contributed by atoms with Crippen molar-refractivity contribution >= 4 is 11.9 Å². The van der Waals surface area contributed by atoms with Gasteiger partial charge in [-0.1, -0.05) is 18.2 Å². The normalized spacial score (nSPS) is 10.4. The zero-order chi connectivity index (χ0) is 15.5. The quantitative estimate of drug-likeness (QED) is 0.556. The molecule has 1 aromatic rings. The Hall–Kier alpha value is -1.88. The van der Waals surface area contributed by atoms with Crippen molar-refractivity contribution in [1.82, 2.24) is 10.2 Å². The zero-order valence-electron chi connectivity index (χ0n) is 12.8. The molecule has 0 unspecified atom stereocenters. The lowest BCUT2D eigenvalue weighted by molar-refractivity contribution is -0.140. The van der Waals surface area contributed by atoms with Crippen LogP contribution in [-0.2, 0) is 9.53 Å². The van der Waals surface area contributed by atoms with E-state index in [1.165, 1.54) is 7.11 Å². The number of benzene rings is 1. The number of hydrogen-bond acceptors (Lipinski definition) is 4. The molecule has 0 radical (unpaired) electrons. The number of nitrogens with one attached hydrogen (secondary N) is 1. The molecule has 5 nitrogen and oxygen atoms in total. The molecule has 0 bridgehead atoms. The van der Waals surface area contributed by atoms with Crippen LogP contribution in [0.5, 0.6) is 0 Å². The van der Waals surface area contributed by atoms with Gasteiger partial charge < -0.3 is 15.0 Å². The SMILES string of the molecule is COC(=O)CCCN(C)CCCNC(=O)c1ccccc1. The minimum Gasteiger partial charge on any atom is -0.469 e. The van der Waals surface area contributed by atoms with Gasteiger partial charge in [0.15, 0.2) is 0 Å². The Morgan fingerprint density at radius 3 is 2.48 bits per heavy atom. The Morgan fingerprint density at radius 1 is 1.14 bits per heavy atom. The van der Waals surface area contributed by atoms with Gasteiger partial charge in [-0.05, 0) is 45.1 Å². The summed E-state index contributed by atoms with van der Waals surface area (Å²) in [6.07, 6.45) is 2.12. The number of hydrogen-bond donors (Lipinski definition) is 1. The van der Waals surface area contributed by atoms with E-state index in [0.717, 1.165) is 25.9 Å². The van der Waals surface area contributed by atoms with Crippen molar-refractivity contribution in [2.24, 2.45) is 0 Å². The summed E-state index contributed by atoms with van der Waals surface area (Å²) in [5.74, 6) is -0.206. The lowest BCUT2D eigenvalue weighted by atomic mass is 10.2. The summed E-state index contributed by atoms with van der Waals surface area (Å²) < 4.78 is 4.59. The average molecular weight is 292 g/mol. The summed E-state index contributed by atoms with van der Waals surface area (Å²) in [6, 6.07) is 9.19. The van der Waals surface area contributed by atoms with E-state index < -0.39 is 0 Å². The van der Waals surface area contributed by atoms with Crippen LogP contribution in [-0.4, -0.2) is 50.6 Å². The van der Waals surface area contributed by atoms with E-state index in [2.05, 4.69) is 15.0 Å². The second-order valence-electron chi connectivity index (χ2n) is 4.96. The van der Waals surface area contributed by atoms with Gasteiger partial charge in [-0.3, -0.25) is 9.59 Å². The summed E-state index contributed by atoms with van der Waals surface area (Å²) in [7, 11) is 3.41. The fraction of sp³-hybridized carbons (Fsp3) is 0.500. The minimum absolute atomic E-state index is 0.0380. The molecule has 0 aliphatic carbocycles. The van der Waals surface area contributed by atoms with Crippen molar-refractivity contribution in [3.8, 4) is 0 Å². The molecular formula is C16H24N2O3. The molecule has 5 heteroatoms. The molecule has 21 heavy (non-hydrogen) atoms. The predicted octanol–water partition coefficient (Wildman–Crippen LogP) is 1.69. The number of ether oxygens (including phenoxy) is 1. The first-order valence-electron chi connectivity index (χ1n) is 7.22. The molecule has 0 fully saturated rings. The Balaban J connectivity index is 2.08. The second kappa shape index (κ2) is 9.94. The first kappa shape index (κ1) is 17.2. The van der Waals surface area contributed by atoms with Crippen molar-refractivity contribution in [1.29, 1.82) is 0 Å². The van der Waals surface area contributed by atoms with Gasteiger partial charge in [-0.15, -0.1) is 0 Å². The predicted molar refractivity (Wildman–Crippen MR) is 82.1 cm³/mol. The monoisotopic (exact) mass is 292 g/mol. The summed E-state index contributed by atoms with van der Waals surface area (Å²) >= 11 is 0. The Kier molecular flexibility index (Phi) is 8.12. The van der Waals surface area contributed by atoms with Gasteiger partial charge >= 0.3 is 5.97 Å². The third-order valence-corrected chi connectivity index (χ3v) is 3.19. The standard InChI is InChI=1S/C16H24N2O3/c1-18(12-6-10-15(19)21-2)13-7-11-17-16(20)14-8-4-3-5-9-14/h3-5,8-9H,6-7,10-13H2,1-2H3,(H,17,20). The molecule has 0 aliphatic heterocycles. The van der Waals surface area contributed by atoms with Crippen molar-refractivity contribution in [2.75, 3.05) is 33.8 Å². The van der Waals surface area contributed by atoms with Gasteiger partial charge in [-0.2, -0.15) is 0 Å². The molecule has 0 saturated heterocycles. The number of methoxy groups -OCH3 is 1. The molecule has 116 valence electrons. The second-order valence-corrected chi connectivity index (χ2v) is 4.96. The molecule has 1 aromatic carbocycles. The van der Waals surface area contributed by atoms with Gasteiger partial charge in [0.25, 0.3) is 5.91 Å². The number of nitrogens with zero attached hydrogens (tertiary/aromatic N) is 1. The van der Waals surface area contributed by atoms with E-state index in [9.17, 15) is 9.59 Å². The largest absolute Gasteiger partial charge is 0.469 e. The van der Waals surface area contributed by atoms with Gasteiger partial charge in [0, 0.05) is 18.5 Å². The van der Waals surface area contributed by atoms with Crippen molar-refractivity contribution in [3.05, 3.63) is 35.9 Å². The van der Waals surface area contributed by atoms with Crippen molar-refractivity contribution in [2.45, 2.75) is 19.3 Å². The van der Waals surface area contributed by atoms with Crippen LogP contribution in [0.4, 0.5) is 0 Å². The first-order chi connectivity index (χ1) is 10.1. The molecule has 1 N–H and O–H groups in total. The van der Waals surface area contributed by atoms with Crippen LogP contribution in [0, 0.1) is 0 Å². The van der Waals surface area contributed by atoms with E-state index in [1.807, 2.05) is 25.2 Å². The number of rotatable bonds is 9. The van der Waals surface area contributed by atoms with Crippen LogP contribution in [0.3, 0.4) is 0 Å². The number of esters is 1. The highest BCUT2D eigenvalue weighted by molar-refractivity contribution is 5.94. The third-order valence-electron chi connectivity index (χ3n) is 3.19. The average Bonchev–Trinajstić information content (AvgIpc) is 2.52. The topological polar surface area (TPSA) is 58.6 Å². The number of carbonyl (C=O) groups is 2. The highest BCUT2D eigenvalue weighted by atomic mass is 16.5. The van der Waals surface area contributed by atoms with Gasteiger partial charge in [0.2, 0.25) is 0 Å². The van der Waals surface area contributed by atoms with Crippen LogP contribution >= 0.6 is 0 Å². The van der Waals surface area contributed by atoms with Crippen LogP contribution in [0.1, 0.15) is 29.6 Å². The van der Waals surface area contributed by atoms with E-state index in [1.54, 1.807) is 12.1 Å². The molecule has 0 aromatic heterocycles. The van der Waals surface area contributed by atoms with E-state index in [0.29, 0.717) is 18.5 Å². The molecule has 1 rings (SSSR count). The van der Waals surface area contributed by atoms with Crippen molar-refractivity contribution < 1.29 is 14.3 Å². The van der Waals surface area contributed by atoms with Crippen LogP contribution < -0.4 is 5.32 Å². The minimum atomic E-state index is -0.168. The Bertz CT molecular complexity index is 434. The van der Waals surface area contributed by atoms with Gasteiger partial charge in [-0.25, -0.2) is 0 Å². The van der Waals surface area contributed by atoms with E-state index in [4.69, 9.17) is 0 Å². The summed E-state index contributed by atoms with van der Waals surface area (Å²) in [6.45, 7) is 2.38. The van der Waals surface area contributed by atoms with Crippen molar-refractivity contribution in [3.63, 3.8) is 0 Å². The Morgan fingerprint density at radius 2 is 1.81 bits per heavy atom. The highest BCUT2D eigenvalue weighted by Crippen LogP contribution is 1.98. The molecule has 0 aliphatic rings.